The van der Waals surface area contributed by atoms with Gasteiger partial charge in [-0.2, -0.15) is 0 Å². The summed E-state index contributed by atoms with van der Waals surface area (Å²) >= 11 is 0. The summed E-state index contributed by atoms with van der Waals surface area (Å²) in [5.74, 6) is -0.709. The zero-order chi connectivity index (χ0) is 19.0. The number of carboxylic acids is 1. The first-order valence-corrected chi connectivity index (χ1v) is 10.4. The Kier molecular flexibility index (Phi) is 14.9. The Hall–Kier alpha value is -0.870. The average molecular weight is 357 g/mol. The summed E-state index contributed by atoms with van der Waals surface area (Å²) in [6.07, 6.45) is 13.6. The first-order valence-electron chi connectivity index (χ1n) is 10.4. The van der Waals surface area contributed by atoms with Crippen molar-refractivity contribution in [1.82, 2.24) is 0 Å². The van der Waals surface area contributed by atoms with Crippen LogP contribution in [0.4, 0.5) is 0 Å². The molecular weight excluding hydrogens is 314 g/mol. The molecule has 2 N–H and O–H groups in total. The van der Waals surface area contributed by atoms with Crippen LogP contribution >= 0.6 is 0 Å². The Bertz CT molecular complexity index is 347. The van der Waals surface area contributed by atoms with Crippen LogP contribution in [0.5, 0.6) is 0 Å². The molecule has 0 saturated carbocycles. The molecule has 4 nitrogen and oxygen atoms in total. The van der Waals surface area contributed by atoms with Crippen LogP contribution in [0.25, 0.3) is 0 Å². The maximum atomic E-state index is 10.8. The van der Waals surface area contributed by atoms with Gasteiger partial charge in [0.15, 0.2) is 0 Å². The van der Waals surface area contributed by atoms with Gasteiger partial charge in [0, 0.05) is 6.42 Å². The summed E-state index contributed by atoms with van der Waals surface area (Å²) in [7, 11) is 0. The van der Waals surface area contributed by atoms with Crippen LogP contribution in [0.1, 0.15) is 85.0 Å². The monoisotopic (exact) mass is 356 g/mol. The number of aliphatic hydroxyl groups excluding tert-OH is 1. The molecule has 0 spiro atoms. The second-order valence-corrected chi connectivity index (χ2v) is 7.39. The number of aliphatic hydroxyl groups is 1. The third-order valence-corrected chi connectivity index (χ3v) is 4.90. The van der Waals surface area contributed by atoms with Crippen LogP contribution in [-0.4, -0.2) is 52.9 Å². The molecule has 148 valence electrons. The van der Waals surface area contributed by atoms with Crippen LogP contribution in [0.3, 0.4) is 0 Å². The summed E-state index contributed by atoms with van der Waals surface area (Å²) in [5.41, 5.74) is 0. The first-order chi connectivity index (χ1) is 12.0. The summed E-state index contributed by atoms with van der Waals surface area (Å²) < 4.78 is 0.931. The molecule has 0 amide bonds. The van der Waals surface area contributed by atoms with E-state index < -0.39 is 12.1 Å². The highest BCUT2D eigenvalue weighted by atomic mass is 16.4. The Balaban J connectivity index is 4.82. The lowest BCUT2D eigenvalue weighted by Gasteiger charge is -2.40. The maximum absolute atomic E-state index is 10.8. The summed E-state index contributed by atoms with van der Waals surface area (Å²) in [5, 5.41) is 19.4. The fraction of sp³-hybridized carbons (Fsp3) is 0.857. The van der Waals surface area contributed by atoms with Crippen LogP contribution in [0.15, 0.2) is 12.2 Å². The van der Waals surface area contributed by atoms with Gasteiger partial charge in [0.1, 0.15) is 12.6 Å². The third kappa shape index (κ3) is 13.1. The Labute approximate surface area is 155 Å². The van der Waals surface area contributed by atoms with Crippen molar-refractivity contribution in [3.63, 3.8) is 0 Å². The number of quaternary nitrogens is 1. The number of carbonyl (C=O) groups is 1. The van der Waals surface area contributed by atoms with Crippen molar-refractivity contribution < 1.29 is 19.5 Å². The predicted molar refractivity (Wildman–Crippen MR) is 106 cm³/mol. The van der Waals surface area contributed by atoms with Gasteiger partial charge in [-0.05, 0) is 32.1 Å². The number of carboxylic acid groups (broad SMARTS) is 1. The summed E-state index contributed by atoms with van der Waals surface area (Å²) in [6.45, 7) is 10.5. The molecule has 0 aromatic carbocycles. The maximum Gasteiger partial charge on any atom is 0.303 e. The van der Waals surface area contributed by atoms with Crippen molar-refractivity contribution in [2.45, 2.75) is 91.1 Å². The van der Waals surface area contributed by atoms with Crippen LogP contribution in [0.2, 0.25) is 0 Å². The van der Waals surface area contributed by atoms with E-state index in [0.717, 1.165) is 75.6 Å². The minimum atomic E-state index is -0.709. The molecule has 0 rings (SSSR count). The highest BCUT2D eigenvalue weighted by molar-refractivity contribution is 5.66. The number of unbranched alkanes of at least 4 members (excludes halogenated alkanes) is 5. The largest absolute Gasteiger partial charge is 0.481 e. The van der Waals surface area contributed by atoms with E-state index in [9.17, 15) is 9.90 Å². The molecule has 0 aromatic heterocycles. The third-order valence-electron chi connectivity index (χ3n) is 4.90. The molecule has 25 heavy (non-hydrogen) atoms. The highest BCUT2D eigenvalue weighted by Gasteiger charge is 2.28. The normalized spacial score (nSPS) is 13.4. The van der Waals surface area contributed by atoms with E-state index in [2.05, 4.69) is 26.8 Å². The van der Waals surface area contributed by atoms with Crippen molar-refractivity contribution in [2.75, 3.05) is 26.2 Å². The number of hydrogen-bond donors (Lipinski definition) is 2. The first kappa shape index (κ1) is 24.1. The predicted octanol–water partition coefficient (Wildman–Crippen LogP) is 4.77. The van der Waals surface area contributed by atoms with Gasteiger partial charge in [0.25, 0.3) is 0 Å². The Morgan fingerprint density at radius 3 is 2.00 bits per heavy atom. The average Bonchev–Trinajstić information content (AvgIpc) is 2.58. The molecule has 0 aliphatic rings. The fourth-order valence-corrected chi connectivity index (χ4v) is 3.35. The van der Waals surface area contributed by atoms with Crippen LogP contribution < -0.4 is 0 Å². The smallest absolute Gasteiger partial charge is 0.303 e. The van der Waals surface area contributed by atoms with Crippen molar-refractivity contribution in [3.05, 3.63) is 12.2 Å². The zero-order valence-electron chi connectivity index (χ0n) is 16.9. The van der Waals surface area contributed by atoms with E-state index in [-0.39, 0.29) is 6.42 Å². The topological polar surface area (TPSA) is 57.5 Å². The van der Waals surface area contributed by atoms with Gasteiger partial charge >= 0.3 is 5.97 Å². The molecule has 0 saturated heterocycles. The number of hydrogen-bond acceptors (Lipinski definition) is 2. The van der Waals surface area contributed by atoms with E-state index in [4.69, 9.17) is 5.11 Å². The quantitative estimate of drug-likeness (QED) is 0.224. The number of allylic oxidation sites excluding steroid dienone is 1. The molecule has 0 aromatic rings. The lowest BCUT2D eigenvalue weighted by atomic mass is 10.1. The van der Waals surface area contributed by atoms with Gasteiger partial charge in [0.2, 0.25) is 0 Å². The molecule has 0 bridgehead atoms. The number of rotatable bonds is 17. The van der Waals surface area contributed by atoms with Crippen molar-refractivity contribution >= 4 is 5.97 Å². The number of aliphatic carboxylic acids is 1. The second kappa shape index (κ2) is 15.4. The van der Waals surface area contributed by atoms with E-state index in [0.29, 0.717) is 0 Å². The summed E-state index contributed by atoms with van der Waals surface area (Å²) in [6, 6.07) is 0. The van der Waals surface area contributed by atoms with Crippen LogP contribution in [-0.2, 0) is 4.79 Å². The molecule has 0 radical (unpaired) electrons. The Morgan fingerprint density at radius 1 is 0.920 bits per heavy atom. The molecular formula is C21H42NO3+. The molecule has 1 unspecified atom stereocenters. The van der Waals surface area contributed by atoms with Crippen LogP contribution in [0, 0.1) is 0 Å². The van der Waals surface area contributed by atoms with Gasteiger partial charge in [0.05, 0.1) is 19.6 Å². The highest BCUT2D eigenvalue weighted by Crippen LogP contribution is 2.17. The van der Waals surface area contributed by atoms with E-state index in [1.54, 1.807) is 0 Å². The van der Waals surface area contributed by atoms with Crippen molar-refractivity contribution in [3.8, 4) is 0 Å². The van der Waals surface area contributed by atoms with Gasteiger partial charge in [-0.1, -0.05) is 58.6 Å². The fourth-order valence-electron chi connectivity index (χ4n) is 3.35. The summed E-state index contributed by atoms with van der Waals surface area (Å²) in [4.78, 5) is 10.8. The second-order valence-electron chi connectivity index (χ2n) is 7.39. The standard InChI is InChI=1S/C21H41NO3/c1-4-7-10-11-14-20(23)19-22(16-8-5-2,17-9-6-3)18-13-12-15-21(24)25/h11,14,20,23H,4-10,12-13,15-19H2,1-3H3/p+1/b14-11+. The molecule has 0 aliphatic heterocycles. The molecule has 0 heterocycles. The number of nitrogens with zero attached hydrogens (tertiary/aromatic N) is 1. The van der Waals surface area contributed by atoms with E-state index in [1.807, 2.05) is 6.08 Å². The zero-order valence-corrected chi connectivity index (χ0v) is 16.9. The minimum absolute atomic E-state index is 0.251. The van der Waals surface area contributed by atoms with Gasteiger partial charge in [-0.25, -0.2) is 0 Å². The van der Waals surface area contributed by atoms with Crippen molar-refractivity contribution in [1.29, 1.82) is 0 Å². The van der Waals surface area contributed by atoms with Gasteiger partial charge in [-0.3, -0.25) is 4.79 Å². The molecule has 0 fully saturated rings. The van der Waals surface area contributed by atoms with E-state index >= 15 is 0 Å². The van der Waals surface area contributed by atoms with E-state index in [1.165, 1.54) is 12.8 Å². The van der Waals surface area contributed by atoms with Gasteiger partial charge in [-0.15, -0.1) is 0 Å². The minimum Gasteiger partial charge on any atom is -0.481 e. The lowest BCUT2D eigenvalue weighted by Crippen LogP contribution is -2.53. The van der Waals surface area contributed by atoms with Gasteiger partial charge < -0.3 is 14.7 Å². The van der Waals surface area contributed by atoms with Crippen molar-refractivity contribution in [2.24, 2.45) is 0 Å². The molecule has 4 heteroatoms. The lowest BCUT2D eigenvalue weighted by molar-refractivity contribution is -0.931. The molecule has 1 atom stereocenters. The Morgan fingerprint density at radius 2 is 1.48 bits per heavy atom. The SMILES string of the molecule is CCCC/C=C/C(O)C[N+](CCCC)(CCCC)CCCCC(=O)O. The molecule has 0 aliphatic carbocycles.